The molecule has 2 aliphatic rings. The molecule has 0 saturated carbocycles. The fourth-order valence-electron chi connectivity index (χ4n) is 3.93. The van der Waals surface area contributed by atoms with E-state index in [1.165, 1.54) is 23.3 Å². The largest absolute Gasteiger partial charge is 0.355 e. The number of piperidine rings is 1. The summed E-state index contributed by atoms with van der Waals surface area (Å²) in [5.74, 6) is 1.34. The number of rotatable bonds is 6. The third-order valence-electron chi connectivity index (χ3n) is 5.70. The number of fused-ring (bicyclic) bond motifs is 1. The van der Waals surface area contributed by atoms with E-state index < -0.39 is 0 Å². The van der Waals surface area contributed by atoms with Gasteiger partial charge in [-0.25, -0.2) is 0 Å². The van der Waals surface area contributed by atoms with Crippen LogP contribution in [0.3, 0.4) is 0 Å². The van der Waals surface area contributed by atoms with Crippen LogP contribution in [0.5, 0.6) is 0 Å². The van der Waals surface area contributed by atoms with Crippen molar-refractivity contribution >= 4 is 42.1 Å². The van der Waals surface area contributed by atoms with Crippen LogP contribution in [0.15, 0.2) is 11.4 Å². The molecule has 2 aliphatic heterocycles. The number of nitrogens with zero attached hydrogens (tertiary/aromatic N) is 1. The van der Waals surface area contributed by atoms with Gasteiger partial charge in [0.25, 0.3) is 0 Å². The lowest BCUT2D eigenvalue weighted by Crippen LogP contribution is -2.44. The highest BCUT2D eigenvalue weighted by Crippen LogP contribution is 2.25. The minimum Gasteiger partial charge on any atom is -0.355 e. The van der Waals surface area contributed by atoms with Gasteiger partial charge in [-0.15, -0.1) is 36.2 Å². The Morgan fingerprint density at radius 3 is 2.96 bits per heavy atom. The molecule has 4 nitrogen and oxygen atoms in total. The molecule has 0 aromatic carbocycles. The molecular formula is C19H33Cl2N3OS. The van der Waals surface area contributed by atoms with Crippen molar-refractivity contribution in [1.29, 1.82) is 0 Å². The first-order valence-electron chi connectivity index (χ1n) is 9.40. The van der Waals surface area contributed by atoms with E-state index in [9.17, 15) is 4.79 Å². The van der Waals surface area contributed by atoms with Crippen molar-refractivity contribution in [3.05, 3.63) is 21.9 Å². The molecule has 1 fully saturated rings. The van der Waals surface area contributed by atoms with Gasteiger partial charge >= 0.3 is 0 Å². The fourth-order valence-corrected chi connectivity index (χ4v) is 4.82. The maximum atomic E-state index is 12.3. The van der Waals surface area contributed by atoms with Crippen LogP contribution in [-0.4, -0.2) is 43.0 Å². The quantitative estimate of drug-likeness (QED) is 0.738. The molecule has 0 spiro atoms. The lowest BCUT2D eigenvalue weighted by Gasteiger charge is -2.33. The smallest absolute Gasteiger partial charge is 0.220 e. The normalized spacial score (nSPS) is 22.3. The molecule has 3 rings (SSSR count). The van der Waals surface area contributed by atoms with E-state index in [4.69, 9.17) is 0 Å². The number of amides is 1. The summed E-state index contributed by atoms with van der Waals surface area (Å²) in [6.07, 6.45) is 4.31. The van der Waals surface area contributed by atoms with Crippen molar-refractivity contribution in [3.63, 3.8) is 0 Å². The topological polar surface area (TPSA) is 44.4 Å². The molecule has 3 unspecified atom stereocenters. The van der Waals surface area contributed by atoms with E-state index in [0.717, 1.165) is 39.1 Å². The second kappa shape index (κ2) is 11.5. The third-order valence-corrected chi connectivity index (χ3v) is 6.73. The molecule has 7 heteroatoms. The van der Waals surface area contributed by atoms with Crippen LogP contribution in [0.25, 0.3) is 0 Å². The molecule has 2 N–H and O–H groups in total. The summed E-state index contributed by atoms with van der Waals surface area (Å²) in [6, 6.07) is 2.64. The van der Waals surface area contributed by atoms with E-state index in [1.54, 1.807) is 0 Å². The van der Waals surface area contributed by atoms with E-state index in [-0.39, 0.29) is 30.7 Å². The van der Waals surface area contributed by atoms with Gasteiger partial charge in [-0.2, -0.15) is 0 Å². The van der Waals surface area contributed by atoms with E-state index in [2.05, 4.69) is 40.8 Å². The van der Waals surface area contributed by atoms with Gasteiger partial charge in [0.2, 0.25) is 5.91 Å². The van der Waals surface area contributed by atoms with Crippen molar-refractivity contribution in [2.75, 3.05) is 26.2 Å². The van der Waals surface area contributed by atoms with Crippen LogP contribution >= 0.6 is 36.2 Å². The van der Waals surface area contributed by atoms with Crippen molar-refractivity contribution in [1.82, 2.24) is 15.5 Å². The molecule has 1 aromatic rings. The van der Waals surface area contributed by atoms with E-state index in [0.29, 0.717) is 24.3 Å². The minimum atomic E-state index is 0. The standard InChI is InChI=1S/C19H31N3OS.2ClH/c1-14(16-4-3-7-20-12-16)10-19(23)21-11-15(2)22-8-5-18-17(13-22)6-9-24-18;;/h6,9,14-16,20H,3-5,7-8,10-13H2,1-2H3,(H,21,23);2*1H. The summed E-state index contributed by atoms with van der Waals surface area (Å²) >= 11 is 1.88. The molecule has 1 amide bonds. The number of carbonyl (C=O) groups excluding carboxylic acids is 1. The predicted octanol–water partition coefficient (Wildman–Crippen LogP) is 3.48. The molecule has 3 heterocycles. The second-order valence-electron chi connectivity index (χ2n) is 7.53. The highest BCUT2D eigenvalue weighted by atomic mass is 35.5. The Kier molecular flexibility index (Phi) is 10.5. The number of carbonyl (C=O) groups is 1. The SMILES string of the molecule is CC(CC(=O)NCC(C)N1CCc2sccc2C1)C1CCCNC1.Cl.Cl. The molecular weight excluding hydrogens is 389 g/mol. The van der Waals surface area contributed by atoms with Gasteiger partial charge in [0.1, 0.15) is 0 Å². The van der Waals surface area contributed by atoms with Crippen molar-refractivity contribution < 1.29 is 4.79 Å². The molecule has 0 bridgehead atoms. The summed E-state index contributed by atoms with van der Waals surface area (Å²) < 4.78 is 0. The Bertz CT molecular complexity index is 549. The highest BCUT2D eigenvalue weighted by Gasteiger charge is 2.24. The predicted molar refractivity (Wildman–Crippen MR) is 115 cm³/mol. The zero-order valence-electron chi connectivity index (χ0n) is 15.8. The van der Waals surface area contributed by atoms with Crippen LogP contribution in [-0.2, 0) is 17.8 Å². The van der Waals surface area contributed by atoms with Crippen LogP contribution < -0.4 is 10.6 Å². The zero-order chi connectivity index (χ0) is 16.9. The average molecular weight is 422 g/mol. The van der Waals surface area contributed by atoms with Crippen molar-refractivity contribution in [2.45, 2.75) is 52.1 Å². The maximum absolute atomic E-state index is 12.3. The Morgan fingerprint density at radius 2 is 2.23 bits per heavy atom. The van der Waals surface area contributed by atoms with Crippen LogP contribution in [0, 0.1) is 11.8 Å². The summed E-state index contributed by atoms with van der Waals surface area (Å²) in [6.45, 7) is 9.55. The van der Waals surface area contributed by atoms with Gasteiger partial charge in [-0.1, -0.05) is 6.92 Å². The van der Waals surface area contributed by atoms with Gasteiger partial charge < -0.3 is 10.6 Å². The first-order valence-corrected chi connectivity index (χ1v) is 10.3. The van der Waals surface area contributed by atoms with Gasteiger partial charge in [-0.3, -0.25) is 9.69 Å². The maximum Gasteiger partial charge on any atom is 0.220 e. The fraction of sp³-hybridized carbons (Fsp3) is 0.737. The first kappa shape index (κ1) is 23.7. The molecule has 3 atom stereocenters. The molecule has 0 radical (unpaired) electrons. The van der Waals surface area contributed by atoms with Crippen LogP contribution in [0.4, 0.5) is 0 Å². The lowest BCUT2D eigenvalue weighted by atomic mass is 9.85. The lowest BCUT2D eigenvalue weighted by molar-refractivity contribution is -0.122. The number of hydrogen-bond acceptors (Lipinski definition) is 4. The number of nitrogens with one attached hydrogen (secondary N) is 2. The number of thiophene rings is 1. The van der Waals surface area contributed by atoms with Crippen molar-refractivity contribution in [3.8, 4) is 0 Å². The summed E-state index contributed by atoms with van der Waals surface area (Å²) in [7, 11) is 0. The Morgan fingerprint density at radius 1 is 1.42 bits per heavy atom. The average Bonchev–Trinajstić information content (AvgIpc) is 3.08. The molecule has 1 aromatic heterocycles. The summed E-state index contributed by atoms with van der Waals surface area (Å²) in [5, 5.41) is 8.82. The highest BCUT2D eigenvalue weighted by molar-refractivity contribution is 7.10. The summed E-state index contributed by atoms with van der Waals surface area (Å²) in [4.78, 5) is 16.3. The Balaban J connectivity index is 0.00000169. The summed E-state index contributed by atoms with van der Waals surface area (Å²) in [5.41, 5.74) is 1.47. The molecule has 0 aliphatic carbocycles. The zero-order valence-corrected chi connectivity index (χ0v) is 18.3. The van der Waals surface area contributed by atoms with E-state index >= 15 is 0 Å². The molecule has 1 saturated heterocycles. The van der Waals surface area contributed by atoms with Crippen LogP contribution in [0.2, 0.25) is 0 Å². The third kappa shape index (κ3) is 6.38. The Labute approximate surface area is 174 Å². The molecule has 26 heavy (non-hydrogen) atoms. The molecule has 150 valence electrons. The van der Waals surface area contributed by atoms with Gasteiger partial charge in [0.05, 0.1) is 0 Å². The number of hydrogen-bond donors (Lipinski definition) is 2. The monoisotopic (exact) mass is 421 g/mol. The van der Waals surface area contributed by atoms with E-state index in [1.807, 2.05) is 11.3 Å². The second-order valence-corrected chi connectivity index (χ2v) is 8.53. The Hall–Kier alpha value is -0.330. The number of halogens is 2. The van der Waals surface area contributed by atoms with Gasteiger partial charge in [0, 0.05) is 37.0 Å². The minimum absolute atomic E-state index is 0. The first-order chi connectivity index (χ1) is 11.6. The van der Waals surface area contributed by atoms with Gasteiger partial charge in [0.15, 0.2) is 0 Å². The van der Waals surface area contributed by atoms with Crippen LogP contribution in [0.1, 0.15) is 43.6 Å². The van der Waals surface area contributed by atoms with Crippen molar-refractivity contribution in [2.24, 2.45) is 11.8 Å². The van der Waals surface area contributed by atoms with Gasteiger partial charge in [-0.05, 0) is 68.1 Å².